The van der Waals surface area contributed by atoms with E-state index in [-0.39, 0.29) is 17.9 Å². The summed E-state index contributed by atoms with van der Waals surface area (Å²) in [4.78, 5) is 50.3. The molecule has 1 saturated heterocycles. The van der Waals surface area contributed by atoms with Crippen LogP contribution in [-0.2, 0) is 19.1 Å². The van der Waals surface area contributed by atoms with Crippen LogP contribution in [0.5, 0.6) is 5.75 Å². The van der Waals surface area contributed by atoms with E-state index in [0.717, 1.165) is 25.3 Å². The van der Waals surface area contributed by atoms with Crippen molar-refractivity contribution in [2.45, 2.75) is 37.6 Å². The van der Waals surface area contributed by atoms with Gasteiger partial charge in [0.05, 0.1) is 12.7 Å². The van der Waals surface area contributed by atoms with Crippen LogP contribution < -0.4 is 10.1 Å². The van der Waals surface area contributed by atoms with Crippen molar-refractivity contribution in [3.05, 3.63) is 29.6 Å². The highest BCUT2D eigenvalue weighted by atomic mass is 19.1. The van der Waals surface area contributed by atoms with Gasteiger partial charge in [0.2, 0.25) is 5.91 Å². The number of ether oxygens (including phenoxy) is 2. The van der Waals surface area contributed by atoms with Crippen LogP contribution in [0.3, 0.4) is 0 Å². The Morgan fingerprint density at radius 3 is 2.57 bits per heavy atom. The molecule has 1 aromatic carbocycles. The summed E-state index contributed by atoms with van der Waals surface area (Å²) in [7, 11) is 1.30. The molecule has 2 fully saturated rings. The highest BCUT2D eigenvalue weighted by Crippen LogP contribution is 2.35. The van der Waals surface area contributed by atoms with Gasteiger partial charge in [-0.05, 0) is 31.0 Å². The lowest BCUT2D eigenvalue weighted by Crippen LogP contribution is -2.69. The van der Waals surface area contributed by atoms with Crippen molar-refractivity contribution in [3.63, 3.8) is 0 Å². The van der Waals surface area contributed by atoms with E-state index < -0.39 is 41.7 Å². The highest BCUT2D eigenvalue weighted by Gasteiger charge is 2.51. The average Bonchev–Trinajstić information content (AvgIpc) is 2.69. The Bertz CT molecular complexity index is 819. The number of amides is 3. The number of imide groups is 1. The van der Waals surface area contributed by atoms with Crippen molar-refractivity contribution in [1.82, 2.24) is 10.2 Å². The molecule has 9 heteroatoms. The molecule has 8 nitrogen and oxygen atoms in total. The zero-order valence-electron chi connectivity index (χ0n) is 15.5. The first-order valence-corrected chi connectivity index (χ1v) is 9.03. The van der Waals surface area contributed by atoms with Crippen molar-refractivity contribution in [2.24, 2.45) is 0 Å². The van der Waals surface area contributed by atoms with E-state index in [4.69, 9.17) is 9.47 Å². The van der Waals surface area contributed by atoms with Gasteiger partial charge in [-0.3, -0.25) is 19.7 Å². The molecule has 2 aliphatic rings. The number of carbonyl (C=O) groups is 4. The Morgan fingerprint density at radius 2 is 1.93 bits per heavy atom. The smallest absolute Gasteiger partial charge is 0.338 e. The van der Waals surface area contributed by atoms with Crippen LogP contribution >= 0.6 is 0 Å². The Balaban J connectivity index is 1.70. The third-order valence-electron chi connectivity index (χ3n) is 5.19. The zero-order chi connectivity index (χ0) is 20.3. The number of carbonyl (C=O) groups excluding carboxylic acids is 4. The van der Waals surface area contributed by atoms with Crippen molar-refractivity contribution >= 4 is 23.7 Å². The lowest BCUT2D eigenvalue weighted by atomic mass is 9.78. The molecule has 0 atom stereocenters. The summed E-state index contributed by atoms with van der Waals surface area (Å²) in [5.74, 6) is -3.33. The predicted molar refractivity (Wildman–Crippen MR) is 93.9 cm³/mol. The Labute approximate surface area is 161 Å². The number of esters is 1. The lowest BCUT2D eigenvalue weighted by molar-refractivity contribution is -0.161. The SMILES string of the molecule is COc1ccc(C(=O)OCC(=O)N2CC(=O)NC(=O)C23CCCCC3)cc1F. The van der Waals surface area contributed by atoms with E-state index in [1.165, 1.54) is 24.1 Å². The van der Waals surface area contributed by atoms with Gasteiger partial charge >= 0.3 is 5.97 Å². The minimum absolute atomic E-state index is 0.0234. The van der Waals surface area contributed by atoms with E-state index in [1.807, 2.05) is 0 Å². The van der Waals surface area contributed by atoms with Crippen molar-refractivity contribution < 1.29 is 33.0 Å². The minimum Gasteiger partial charge on any atom is -0.494 e. The number of methoxy groups -OCH3 is 1. The Kier molecular flexibility index (Phi) is 5.62. The van der Waals surface area contributed by atoms with Gasteiger partial charge in [-0.1, -0.05) is 19.3 Å². The summed E-state index contributed by atoms with van der Waals surface area (Å²) in [5.41, 5.74) is -1.16. The molecular weight excluding hydrogens is 371 g/mol. The molecular formula is C19H21FN2O6. The number of rotatable bonds is 4. The molecule has 150 valence electrons. The van der Waals surface area contributed by atoms with Crippen LogP contribution in [0.1, 0.15) is 42.5 Å². The highest BCUT2D eigenvalue weighted by molar-refractivity contribution is 6.07. The predicted octanol–water partition coefficient (Wildman–Crippen LogP) is 1.18. The van der Waals surface area contributed by atoms with Crippen LogP contribution in [-0.4, -0.2) is 54.4 Å². The molecule has 28 heavy (non-hydrogen) atoms. The molecule has 1 aromatic rings. The third-order valence-corrected chi connectivity index (χ3v) is 5.19. The van der Waals surface area contributed by atoms with Gasteiger partial charge in [-0.2, -0.15) is 0 Å². The summed E-state index contributed by atoms with van der Waals surface area (Å²) in [5, 5.41) is 2.30. The quantitative estimate of drug-likeness (QED) is 0.610. The van der Waals surface area contributed by atoms with Gasteiger partial charge < -0.3 is 14.4 Å². The Morgan fingerprint density at radius 1 is 1.21 bits per heavy atom. The fraction of sp³-hybridized carbons (Fsp3) is 0.474. The fourth-order valence-electron chi connectivity index (χ4n) is 3.74. The van der Waals surface area contributed by atoms with Gasteiger partial charge in [0, 0.05) is 0 Å². The Hall–Kier alpha value is -2.97. The number of hydrogen-bond acceptors (Lipinski definition) is 6. The second-order valence-corrected chi connectivity index (χ2v) is 6.87. The number of piperazine rings is 1. The molecule has 3 rings (SSSR count). The summed E-state index contributed by atoms with van der Waals surface area (Å²) in [6.07, 6.45) is 3.38. The molecule has 1 saturated carbocycles. The van der Waals surface area contributed by atoms with Crippen LogP contribution in [0.2, 0.25) is 0 Å². The molecule has 1 heterocycles. The number of halogens is 1. The molecule has 1 N–H and O–H groups in total. The third kappa shape index (κ3) is 3.69. The molecule has 0 unspecified atom stereocenters. The second kappa shape index (κ2) is 7.95. The number of nitrogens with zero attached hydrogens (tertiary/aromatic N) is 1. The van der Waals surface area contributed by atoms with Crippen LogP contribution in [0.25, 0.3) is 0 Å². The largest absolute Gasteiger partial charge is 0.494 e. The summed E-state index contributed by atoms with van der Waals surface area (Å²) in [6.45, 7) is -0.909. The van der Waals surface area contributed by atoms with E-state index in [1.54, 1.807) is 0 Å². The molecule has 1 aliphatic carbocycles. The zero-order valence-corrected chi connectivity index (χ0v) is 15.5. The van der Waals surface area contributed by atoms with E-state index in [2.05, 4.69) is 5.32 Å². The first-order valence-electron chi connectivity index (χ1n) is 9.03. The van der Waals surface area contributed by atoms with Gasteiger partial charge in [-0.15, -0.1) is 0 Å². The molecule has 1 spiro atoms. The molecule has 1 aliphatic heterocycles. The fourth-order valence-corrected chi connectivity index (χ4v) is 3.74. The van der Waals surface area contributed by atoms with Crippen molar-refractivity contribution in [1.29, 1.82) is 0 Å². The van der Waals surface area contributed by atoms with Gasteiger partial charge in [0.25, 0.3) is 11.8 Å². The maximum Gasteiger partial charge on any atom is 0.338 e. The molecule has 0 bridgehead atoms. The first kappa shape index (κ1) is 19.8. The average molecular weight is 392 g/mol. The van der Waals surface area contributed by atoms with E-state index >= 15 is 0 Å². The maximum atomic E-state index is 13.7. The lowest BCUT2D eigenvalue weighted by Gasteiger charge is -2.47. The van der Waals surface area contributed by atoms with Crippen LogP contribution in [0, 0.1) is 5.82 Å². The minimum atomic E-state index is -1.08. The molecule has 0 aromatic heterocycles. The number of nitrogens with one attached hydrogen (secondary N) is 1. The topological polar surface area (TPSA) is 102 Å². The van der Waals surface area contributed by atoms with Gasteiger partial charge in [0.1, 0.15) is 12.1 Å². The number of benzene rings is 1. The van der Waals surface area contributed by atoms with Gasteiger partial charge in [0.15, 0.2) is 18.2 Å². The first-order chi connectivity index (χ1) is 13.4. The standard InChI is InChI=1S/C19H21FN2O6/c1-27-14-6-5-12(9-13(14)20)17(25)28-11-16(24)22-10-15(23)21-18(26)19(22)7-3-2-4-8-19/h5-6,9H,2-4,7-8,10-11H2,1H3,(H,21,23,26). The van der Waals surface area contributed by atoms with Gasteiger partial charge in [-0.25, -0.2) is 9.18 Å². The van der Waals surface area contributed by atoms with Crippen molar-refractivity contribution in [2.75, 3.05) is 20.3 Å². The molecule has 3 amide bonds. The molecule has 0 radical (unpaired) electrons. The summed E-state index contributed by atoms with van der Waals surface area (Å²) >= 11 is 0. The monoisotopic (exact) mass is 392 g/mol. The van der Waals surface area contributed by atoms with Crippen molar-refractivity contribution in [3.8, 4) is 5.75 Å². The number of hydrogen-bond donors (Lipinski definition) is 1. The van der Waals surface area contributed by atoms with E-state index in [0.29, 0.717) is 12.8 Å². The summed E-state index contributed by atoms with van der Waals surface area (Å²) < 4.78 is 23.5. The summed E-state index contributed by atoms with van der Waals surface area (Å²) in [6, 6.07) is 3.54. The van der Waals surface area contributed by atoms with Crippen LogP contribution in [0.4, 0.5) is 4.39 Å². The second-order valence-electron chi connectivity index (χ2n) is 6.87. The van der Waals surface area contributed by atoms with Crippen LogP contribution in [0.15, 0.2) is 18.2 Å². The van der Waals surface area contributed by atoms with E-state index in [9.17, 15) is 23.6 Å². The maximum absolute atomic E-state index is 13.7. The normalized spacial score (nSPS) is 18.6.